The molecule has 0 aliphatic heterocycles. The zero-order valence-corrected chi connectivity index (χ0v) is 9.46. The van der Waals surface area contributed by atoms with Crippen LogP contribution in [-0.2, 0) is 14.3 Å². The van der Waals surface area contributed by atoms with Crippen molar-refractivity contribution in [3.63, 3.8) is 0 Å². The lowest BCUT2D eigenvalue weighted by Gasteiger charge is -2.04. The summed E-state index contributed by atoms with van der Waals surface area (Å²) in [7, 11) is 0. The van der Waals surface area contributed by atoms with Gasteiger partial charge in [0.1, 0.15) is 12.5 Å². The smallest absolute Gasteiger partial charge is 0.332 e. The van der Waals surface area contributed by atoms with E-state index < -0.39 is 0 Å². The summed E-state index contributed by atoms with van der Waals surface area (Å²) in [5.41, 5.74) is 0. The largest absolute Gasteiger partial charge is 0.453 e. The predicted octanol–water partition coefficient (Wildman–Crippen LogP) is 2.32. The van der Waals surface area contributed by atoms with Crippen molar-refractivity contribution in [1.29, 1.82) is 0 Å². The Morgan fingerprint density at radius 2 is 2.07 bits per heavy atom. The highest BCUT2D eigenvalue weighted by atomic mass is 32.2. The Kier molecular flexibility index (Phi) is 5.88. The van der Waals surface area contributed by atoms with E-state index in [4.69, 9.17) is 9.47 Å². The average molecular weight is 226 g/mol. The summed E-state index contributed by atoms with van der Waals surface area (Å²) in [6.45, 7) is 2.40. The lowest BCUT2D eigenvalue weighted by molar-refractivity contribution is -0.146. The van der Waals surface area contributed by atoms with E-state index in [-0.39, 0.29) is 12.6 Å². The molecule has 1 aromatic rings. The molecule has 0 aliphatic carbocycles. The molecule has 0 aromatic heterocycles. The van der Waals surface area contributed by atoms with Gasteiger partial charge in [-0.05, 0) is 19.1 Å². The molecule has 0 aliphatic rings. The summed E-state index contributed by atoms with van der Waals surface area (Å²) >= 11 is 1.48. The number of hydrogen-bond acceptors (Lipinski definition) is 4. The molecule has 1 aromatic carbocycles. The van der Waals surface area contributed by atoms with E-state index in [9.17, 15) is 4.79 Å². The minimum absolute atomic E-state index is 0.0336. The molecule has 82 valence electrons. The van der Waals surface area contributed by atoms with Crippen molar-refractivity contribution < 1.29 is 14.3 Å². The van der Waals surface area contributed by atoms with Gasteiger partial charge in [0.25, 0.3) is 0 Å². The molecule has 0 atom stereocenters. The van der Waals surface area contributed by atoms with Gasteiger partial charge in [0, 0.05) is 11.5 Å². The maximum Gasteiger partial charge on any atom is 0.332 e. The molecule has 0 radical (unpaired) electrons. The molecular weight excluding hydrogens is 212 g/mol. The van der Waals surface area contributed by atoms with Crippen LogP contribution in [0.1, 0.15) is 6.92 Å². The average Bonchev–Trinajstić information content (AvgIpc) is 2.28. The Labute approximate surface area is 93.8 Å². The number of rotatable bonds is 6. The predicted molar refractivity (Wildman–Crippen MR) is 59.8 cm³/mol. The highest BCUT2D eigenvalue weighted by molar-refractivity contribution is 7.99. The second kappa shape index (κ2) is 7.31. The monoisotopic (exact) mass is 226 g/mol. The normalized spacial score (nSPS) is 9.93. The van der Waals surface area contributed by atoms with E-state index in [1.807, 2.05) is 37.3 Å². The SMILES string of the molecule is CCOCC(=O)OCSc1ccccc1. The molecule has 15 heavy (non-hydrogen) atoms. The van der Waals surface area contributed by atoms with Gasteiger partial charge in [-0.2, -0.15) is 0 Å². The van der Waals surface area contributed by atoms with Gasteiger partial charge in [-0.25, -0.2) is 4.79 Å². The van der Waals surface area contributed by atoms with Crippen molar-refractivity contribution in [2.24, 2.45) is 0 Å². The number of esters is 1. The Morgan fingerprint density at radius 3 is 2.73 bits per heavy atom. The van der Waals surface area contributed by atoms with Gasteiger partial charge in [-0.1, -0.05) is 30.0 Å². The number of thioether (sulfide) groups is 1. The van der Waals surface area contributed by atoms with E-state index in [0.717, 1.165) is 4.90 Å². The minimum Gasteiger partial charge on any atom is -0.453 e. The first-order valence-electron chi connectivity index (χ1n) is 4.74. The number of hydrogen-bond donors (Lipinski definition) is 0. The first kappa shape index (κ1) is 12.1. The fraction of sp³-hybridized carbons (Fsp3) is 0.364. The topological polar surface area (TPSA) is 35.5 Å². The number of benzene rings is 1. The van der Waals surface area contributed by atoms with Crippen molar-refractivity contribution >= 4 is 17.7 Å². The molecule has 0 amide bonds. The molecular formula is C11H14O3S. The highest BCUT2D eigenvalue weighted by Crippen LogP contribution is 2.16. The third-order valence-corrected chi connectivity index (χ3v) is 2.45. The van der Waals surface area contributed by atoms with E-state index in [0.29, 0.717) is 12.5 Å². The van der Waals surface area contributed by atoms with E-state index in [1.165, 1.54) is 11.8 Å². The molecule has 4 heteroatoms. The molecule has 0 heterocycles. The third-order valence-electron chi connectivity index (χ3n) is 1.61. The van der Waals surface area contributed by atoms with E-state index >= 15 is 0 Å². The fourth-order valence-electron chi connectivity index (χ4n) is 0.907. The first-order valence-corrected chi connectivity index (χ1v) is 5.72. The van der Waals surface area contributed by atoms with Gasteiger partial charge >= 0.3 is 5.97 Å². The molecule has 3 nitrogen and oxygen atoms in total. The Balaban J connectivity index is 2.14. The van der Waals surface area contributed by atoms with Crippen LogP contribution in [0, 0.1) is 0 Å². The van der Waals surface area contributed by atoms with E-state index in [1.54, 1.807) is 0 Å². The van der Waals surface area contributed by atoms with Crippen LogP contribution >= 0.6 is 11.8 Å². The maximum absolute atomic E-state index is 11.0. The zero-order chi connectivity index (χ0) is 10.9. The summed E-state index contributed by atoms with van der Waals surface area (Å²) in [4.78, 5) is 12.1. The summed E-state index contributed by atoms with van der Waals surface area (Å²) < 4.78 is 9.86. The number of ether oxygens (including phenoxy) is 2. The zero-order valence-electron chi connectivity index (χ0n) is 8.64. The second-order valence-corrected chi connectivity index (χ2v) is 3.72. The molecule has 0 saturated heterocycles. The van der Waals surface area contributed by atoms with Crippen LogP contribution in [0.2, 0.25) is 0 Å². The number of carbonyl (C=O) groups excluding carboxylic acids is 1. The molecule has 0 unspecified atom stereocenters. The van der Waals surface area contributed by atoms with Gasteiger partial charge < -0.3 is 9.47 Å². The van der Waals surface area contributed by atoms with Crippen LogP contribution in [0.3, 0.4) is 0 Å². The lowest BCUT2D eigenvalue weighted by Crippen LogP contribution is -2.12. The second-order valence-electron chi connectivity index (χ2n) is 2.73. The minimum atomic E-state index is -0.319. The van der Waals surface area contributed by atoms with Gasteiger partial charge in [0.05, 0.1) is 0 Å². The Morgan fingerprint density at radius 1 is 1.33 bits per heavy atom. The lowest BCUT2D eigenvalue weighted by atomic mass is 10.4. The summed E-state index contributed by atoms with van der Waals surface area (Å²) in [5, 5.41) is 0. The van der Waals surface area contributed by atoms with Crippen molar-refractivity contribution in [3.05, 3.63) is 30.3 Å². The number of carbonyl (C=O) groups is 1. The third kappa shape index (κ3) is 5.44. The molecule has 0 saturated carbocycles. The Bertz CT molecular complexity index is 287. The maximum atomic E-state index is 11.0. The van der Waals surface area contributed by atoms with Crippen molar-refractivity contribution in [2.75, 3.05) is 19.2 Å². The van der Waals surface area contributed by atoms with E-state index in [2.05, 4.69) is 0 Å². The standard InChI is InChI=1S/C11H14O3S/c1-2-13-8-11(12)14-9-15-10-6-4-3-5-7-10/h3-7H,2,8-9H2,1H3. The molecule has 0 spiro atoms. The van der Waals surface area contributed by atoms with Crippen molar-refractivity contribution in [2.45, 2.75) is 11.8 Å². The molecule has 1 rings (SSSR count). The van der Waals surface area contributed by atoms with Crippen LogP contribution in [0.25, 0.3) is 0 Å². The molecule has 0 bridgehead atoms. The fourth-order valence-corrected chi connectivity index (χ4v) is 1.58. The van der Waals surface area contributed by atoms with Crippen LogP contribution in [0.4, 0.5) is 0 Å². The van der Waals surface area contributed by atoms with Crippen LogP contribution in [0.15, 0.2) is 35.2 Å². The highest BCUT2D eigenvalue weighted by Gasteiger charge is 2.01. The first-order chi connectivity index (χ1) is 7.33. The summed E-state index contributed by atoms with van der Waals surface area (Å²) in [6.07, 6.45) is 0. The van der Waals surface area contributed by atoms with Crippen LogP contribution in [0.5, 0.6) is 0 Å². The molecule has 0 fully saturated rings. The quantitative estimate of drug-likeness (QED) is 0.423. The van der Waals surface area contributed by atoms with Crippen molar-refractivity contribution in [3.8, 4) is 0 Å². The van der Waals surface area contributed by atoms with Gasteiger partial charge in [-0.3, -0.25) is 0 Å². The van der Waals surface area contributed by atoms with Gasteiger partial charge in [-0.15, -0.1) is 0 Å². The van der Waals surface area contributed by atoms with Crippen molar-refractivity contribution in [1.82, 2.24) is 0 Å². The summed E-state index contributed by atoms with van der Waals surface area (Å²) in [6, 6.07) is 9.79. The molecule has 0 N–H and O–H groups in total. The van der Waals surface area contributed by atoms with Gasteiger partial charge in [0.15, 0.2) is 0 Å². The van der Waals surface area contributed by atoms with Crippen LogP contribution < -0.4 is 0 Å². The Hall–Kier alpha value is -1.00. The van der Waals surface area contributed by atoms with Crippen LogP contribution in [-0.4, -0.2) is 25.1 Å². The van der Waals surface area contributed by atoms with Gasteiger partial charge in [0.2, 0.25) is 0 Å². The summed E-state index contributed by atoms with van der Waals surface area (Å²) in [5.74, 6) is 0.0101.